The summed E-state index contributed by atoms with van der Waals surface area (Å²) < 4.78 is 31.1. The summed E-state index contributed by atoms with van der Waals surface area (Å²) in [6.45, 7) is 5.49. The van der Waals surface area contributed by atoms with Crippen molar-refractivity contribution in [2.45, 2.75) is 20.0 Å². The van der Waals surface area contributed by atoms with E-state index in [4.69, 9.17) is 9.72 Å². The highest BCUT2D eigenvalue weighted by Crippen LogP contribution is 2.33. The number of urea groups is 1. The van der Waals surface area contributed by atoms with Gasteiger partial charge in [-0.2, -0.15) is 4.31 Å². The van der Waals surface area contributed by atoms with Crippen LogP contribution in [0.15, 0.2) is 24.3 Å². The molecule has 3 heterocycles. The van der Waals surface area contributed by atoms with Gasteiger partial charge in [-0.15, -0.1) is 0 Å². The molecule has 2 N–H and O–H groups in total. The Morgan fingerprint density at radius 1 is 1.13 bits per heavy atom. The van der Waals surface area contributed by atoms with Crippen LogP contribution in [-0.4, -0.2) is 67.8 Å². The molecule has 1 aromatic heterocycles. The molecule has 0 spiro atoms. The maximum absolute atomic E-state index is 12.1. The Morgan fingerprint density at radius 3 is 2.48 bits per heavy atom. The molecule has 1 saturated heterocycles. The fourth-order valence-corrected chi connectivity index (χ4v) is 4.37. The van der Waals surface area contributed by atoms with Crippen LogP contribution in [0.3, 0.4) is 0 Å². The first-order valence-electron chi connectivity index (χ1n) is 10.2. The number of sulfonamides is 1. The second-order valence-electron chi connectivity index (χ2n) is 7.49. The van der Waals surface area contributed by atoms with Gasteiger partial charge in [0.2, 0.25) is 10.0 Å². The number of hydrogen-bond acceptors (Lipinski definition) is 7. The van der Waals surface area contributed by atoms with Crippen molar-refractivity contribution in [3.05, 3.63) is 35.5 Å². The van der Waals surface area contributed by atoms with Crippen LogP contribution in [0.2, 0.25) is 0 Å². The van der Waals surface area contributed by atoms with Gasteiger partial charge >= 0.3 is 6.03 Å². The normalized spacial score (nSPS) is 16.8. The molecule has 0 atom stereocenters. The third-order valence-corrected chi connectivity index (χ3v) is 6.45. The quantitative estimate of drug-likeness (QED) is 0.713. The number of carbonyl (C=O) groups is 1. The number of aromatic nitrogens is 2. The van der Waals surface area contributed by atoms with Gasteiger partial charge in [-0.05, 0) is 31.2 Å². The van der Waals surface area contributed by atoms with E-state index in [2.05, 4.69) is 20.5 Å². The highest BCUT2D eigenvalue weighted by atomic mass is 32.2. The summed E-state index contributed by atoms with van der Waals surface area (Å²) in [5.74, 6) is 1.29. The maximum atomic E-state index is 12.1. The van der Waals surface area contributed by atoms with Crippen LogP contribution >= 0.6 is 0 Å². The molecule has 0 unspecified atom stereocenters. The van der Waals surface area contributed by atoms with Gasteiger partial charge < -0.3 is 20.3 Å². The van der Waals surface area contributed by atoms with E-state index >= 15 is 0 Å². The van der Waals surface area contributed by atoms with Crippen LogP contribution < -0.4 is 15.5 Å². The monoisotopic (exact) mass is 446 g/mol. The standard InChI is InChI=1S/C20H26N6O4S/c1-3-21-20(27)22-15-6-4-14(5-7-15)18-23-17-13-26(31(2,28)29)12-16(17)19(24-18)25-8-10-30-11-9-25/h4-7H,3,8-13H2,1-2H3,(H2,21,22,27). The fourth-order valence-electron chi connectivity index (χ4n) is 3.65. The van der Waals surface area contributed by atoms with Gasteiger partial charge in [0.15, 0.2) is 5.82 Å². The molecule has 1 fully saturated rings. The summed E-state index contributed by atoms with van der Waals surface area (Å²) >= 11 is 0. The van der Waals surface area contributed by atoms with E-state index in [-0.39, 0.29) is 19.1 Å². The molecule has 1 aromatic carbocycles. The maximum Gasteiger partial charge on any atom is 0.319 e. The zero-order valence-electron chi connectivity index (χ0n) is 17.6. The number of carbonyl (C=O) groups excluding carboxylic acids is 1. The molecule has 11 heteroatoms. The second-order valence-corrected chi connectivity index (χ2v) is 9.47. The Bertz CT molecular complexity index is 1070. The van der Waals surface area contributed by atoms with E-state index in [9.17, 15) is 13.2 Å². The van der Waals surface area contributed by atoms with Crippen LogP contribution in [0.1, 0.15) is 18.2 Å². The molecular weight excluding hydrogens is 420 g/mol. The first-order chi connectivity index (χ1) is 14.8. The number of amides is 2. The van der Waals surface area contributed by atoms with Crippen molar-refractivity contribution in [2.24, 2.45) is 0 Å². The largest absolute Gasteiger partial charge is 0.378 e. The highest BCUT2D eigenvalue weighted by Gasteiger charge is 2.32. The Labute approximate surface area is 181 Å². The minimum absolute atomic E-state index is 0.234. The summed E-state index contributed by atoms with van der Waals surface area (Å²) in [7, 11) is -3.34. The summed E-state index contributed by atoms with van der Waals surface area (Å²) in [4.78, 5) is 23.3. The van der Waals surface area contributed by atoms with Crippen molar-refractivity contribution in [1.29, 1.82) is 0 Å². The van der Waals surface area contributed by atoms with Crippen molar-refractivity contribution in [1.82, 2.24) is 19.6 Å². The molecule has 4 rings (SSSR count). The molecule has 2 aliphatic heterocycles. The van der Waals surface area contributed by atoms with Crippen LogP contribution in [0.4, 0.5) is 16.3 Å². The first kappa shape index (κ1) is 21.5. The summed E-state index contributed by atoms with van der Waals surface area (Å²) in [6.07, 6.45) is 1.21. The molecule has 10 nitrogen and oxygen atoms in total. The highest BCUT2D eigenvalue weighted by molar-refractivity contribution is 7.88. The average Bonchev–Trinajstić information content (AvgIpc) is 3.19. The van der Waals surface area contributed by atoms with Crippen LogP contribution in [0.5, 0.6) is 0 Å². The van der Waals surface area contributed by atoms with Crippen LogP contribution in [-0.2, 0) is 27.8 Å². The Hall–Kier alpha value is -2.76. The second kappa shape index (κ2) is 8.77. The van der Waals surface area contributed by atoms with Crippen molar-refractivity contribution in [3.63, 3.8) is 0 Å². The van der Waals surface area contributed by atoms with E-state index in [0.717, 1.165) is 22.6 Å². The van der Waals surface area contributed by atoms with E-state index in [1.165, 1.54) is 10.6 Å². The van der Waals surface area contributed by atoms with Gasteiger partial charge in [-0.25, -0.2) is 23.2 Å². The lowest BCUT2D eigenvalue weighted by Gasteiger charge is -2.29. The lowest BCUT2D eigenvalue weighted by atomic mass is 10.1. The van der Waals surface area contributed by atoms with Gasteiger partial charge in [-0.3, -0.25) is 0 Å². The number of benzene rings is 1. The number of rotatable bonds is 5. The molecule has 31 heavy (non-hydrogen) atoms. The summed E-state index contributed by atoms with van der Waals surface area (Å²) in [5.41, 5.74) is 3.02. The first-order valence-corrected chi connectivity index (χ1v) is 12.0. The van der Waals surface area contributed by atoms with Crippen LogP contribution in [0.25, 0.3) is 11.4 Å². The van der Waals surface area contributed by atoms with Crippen molar-refractivity contribution < 1.29 is 17.9 Å². The van der Waals surface area contributed by atoms with Gasteiger partial charge in [-0.1, -0.05) is 0 Å². The molecule has 166 valence electrons. The third kappa shape index (κ3) is 4.78. The smallest absolute Gasteiger partial charge is 0.319 e. The van der Waals surface area contributed by atoms with Gasteiger partial charge in [0.25, 0.3) is 0 Å². The van der Waals surface area contributed by atoms with E-state index in [0.29, 0.717) is 44.4 Å². The predicted molar refractivity (Wildman–Crippen MR) is 117 cm³/mol. The Balaban J connectivity index is 1.67. The van der Waals surface area contributed by atoms with Gasteiger partial charge in [0.05, 0.1) is 31.7 Å². The van der Waals surface area contributed by atoms with Gasteiger partial charge in [0.1, 0.15) is 5.82 Å². The number of morpholine rings is 1. The van der Waals surface area contributed by atoms with Crippen molar-refractivity contribution in [2.75, 3.05) is 49.3 Å². The number of anilines is 2. The lowest BCUT2D eigenvalue weighted by Crippen LogP contribution is -2.37. The molecular formula is C20H26N6O4S. The Kier molecular flexibility index (Phi) is 6.08. The SMILES string of the molecule is CCNC(=O)Nc1ccc(-c2nc3c(c(N4CCOCC4)n2)CN(S(C)(=O)=O)C3)cc1. The average molecular weight is 447 g/mol. The number of nitrogens with one attached hydrogen (secondary N) is 2. The zero-order chi connectivity index (χ0) is 22.0. The topological polar surface area (TPSA) is 117 Å². The molecule has 0 aliphatic carbocycles. The fraction of sp³-hybridized carbons (Fsp3) is 0.450. The number of fused-ring (bicyclic) bond motifs is 1. The van der Waals surface area contributed by atoms with E-state index < -0.39 is 10.0 Å². The number of hydrogen-bond donors (Lipinski definition) is 2. The van der Waals surface area contributed by atoms with Crippen LogP contribution in [0, 0.1) is 0 Å². The molecule has 0 bridgehead atoms. The molecule has 2 amide bonds. The molecule has 0 radical (unpaired) electrons. The van der Waals surface area contributed by atoms with Gasteiger partial charge in [0, 0.05) is 43.0 Å². The number of nitrogens with zero attached hydrogens (tertiary/aromatic N) is 4. The zero-order valence-corrected chi connectivity index (χ0v) is 18.4. The molecule has 2 aliphatic rings. The summed E-state index contributed by atoms with van der Waals surface area (Å²) in [6, 6.07) is 7.00. The van der Waals surface area contributed by atoms with Crippen molar-refractivity contribution in [3.8, 4) is 11.4 Å². The van der Waals surface area contributed by atoms with Crippen molar-refractivity contribution >= 4 is 27.6 Å². The Morgan fingerprint density at radius 2 is 1.84 bits per heavy atom. The number of ether oxygens (including phenoxy) is 1. The molecule has 0 saturated carbocycles. The molecule has 2 aromatic rings. The van der Waals surface area contributed by atoms with E-state index in [1.54, 1.807) is 12.1 Å². The predicted octanol–water partition coefficient (Wildman–Crippen LogP) is 1.40. The van der Waals surface area contributed by atoms with E-state index in [1.807, 2.05) is 19.1 Å². The lowest BCUT2D eigenvalue weighted by molar-refractivity contribution is 0.122. The summed E-state index contributed by atoms with van der Waals surface area (Å²) in [5, 5.41) is 5.45. The minimum atomic E-state index is -3.34. The third-order valence-electron chi connectivity index (χ3n) is 5.25. The minimum Gasteiger partial charge on any atom is -0.378 e.